The minimum Gasteiger partial charge on any atom is -0.354 e. The van der Waals surface area contributed by atoms with E-state index in [4.69, 9.17) is 11.6 Å². The molecule has 19 heavy (non-hydrogen) atoms. The van der Waals surface area contributed by atoms with Gasteiger partial charge < -0.3 is 10.2 Å². The van der Waals surface area contributed by atoms with Gasteiger partial charge in [-0.25, -0.2) is 4.98 Å². The highest BCUT2D eigenvalue weighted by atomic mass is 35.5. The fourth-order valence-electron chi connectivity index (χ4n) is 1.79. The molecular weight excluding hydrogens is 260 g/mol. The number of nitrogens with zero attached hydrogens (tertiary/aromatic N) is 3. The summed E-state index contributed by atoms with van der Waals surface area (Å²) in [6.45, 7) is 1.49. The van der Waals surface area contributed by atoms with Gasteiger partial charge >= 0.3 is 0 Å². The molecule has 0 saturated heterocycles. The van der Waals surface area contributed by atoms with Crippen LogP contribution in [0, 0.1) is 0 Å². The summed E-state index contributed by atoms with van der Waals surface area (Å²) in [7, 11) is 3.90. The maximum Gasteiger partial charge on any atom is 0.147 e. The molecule has 2 aromatic rings. The van der Waals surface area contributed by atoms with E-state index in [1.807, 2.05) is 38.4 Å². The van der Waals surface area contributed by atoms with E-state index in [-0.39, 0.29) is 0 Å². The Kier molecular flexibility index (Phi) is 4.71. The molecule has 0 aliphatic heterocycles. The zero-order valence-electron chi connectivity index (χ0n) is 11.1. The quantitative estimate of drug-likeness (QED) is 0.911. The van der Waals surface area contributed by atoms with Gasteiger partial charge in [-0.2, -0.15) is 0 Å². The molecule has 0 saturated carbocycles. The van der Waals surface area contributed by atoms with Gasteiger partial charge in [-0.15, -0.1) is 0 Å². The molecule has 0 fully saturated rings. The van der Waals surface area contributed by atoms with E-state index in [0.717, 1.165) is 29.6 Å². The van der Waals surface area contributed by atoms with Crippen LogP contribution in [0.4, 0.5) is 5.82 Å². The Morgan fingerprint density at radius 1 is 1.21 bits per heavy atom. The van der Waals surface area contributed by atoms with E-state index in [2.05, 4.69) is 20.2 Å². The highest BCUT2D eigenvalue weighted by Gasteiger charge is 2.05. The molecule has 0 unspecified atom stereocenters. The van der Waals surface area contributed by atoms with Gasteiger partial charge in [0.25, 0.3) is 0 Å². The van der Waals surface area contributed by atoms with Gasteiger partial charge in [0.2, 0.25) is 0 Å². The third-order valence-electron chi connectivity index (χ3n) is 2.75. The molecule has 0 bridgehead atoms. The molecule has 0 aliphatic carbocycles. The van der Waals surface area contributed by atoms with E-state index in [0.29, 0.717) is 0 Å². The molecule has 0 atom stereocenters. The molecule has 1 aromatic carbocycles. The van der Waals surface area contributed by atoms with Crippen LogP contribution in [0.15, 0.2) is 36.7 Å². The summed E-state index contributed by atoms with van der Waals surface area (Å²) >= 11 is 5.88. The van der Waals surface area contributed by atoms with E-state index in [9.17, 15) is 0 Å². The van der Waals surface area contributed by atoms with Crippen molar-refractivity contribution in [2.75, 3.05) is 19.0 Å². The summed E-state index contributed by atoms with van der Waals surface area (Å²) in [5, 5.41) is 3.82. The fourth-order valence-corrected chi connectivity index (χ4v) is 1.92. The lowest BCUT2D eigenvalue weighted by atomic mass is 10.2. The third-order valence-corrected chi connectivity index (χ3v) is 3.01. The first-order valence-electron chi connectivity index (χ1n) is 6.10. The maximum absolute atomic E-state index is 5.88. The van der Waals surface area contributed by atoms with Gasteiger partial charge in [-0.3, -0.25) is 4.98 Å². The third kappa shape index (κ3) is 3.91. The number of nitrogens with one attached hydrogen (secondary N) is 1. The topological polar surface area (TPSA) is 41.1 Å². The molecule has 4 nitrogen and oxygen atoms in total. The summed E-state index contributed by atoms with van der Waals surface area (Å²) in [5.41, 5.74) is 2.12. The zero-order valence-corrected chi connectivity index (χ0v) is 11.9. The summed E-state index contributed by atoms with van der Waals surface area (Å²) in [6, 6.07) is 7.83. The second-order valence-corrected chi connectivity index (χ2v) is 4.82. The van der Waals surface area contributed by atoms with E-state index >= 15 is 0 Å². The average molecular weight is 277 g/mol. The van der Waals surface area contributed by atoms with Gasteiger partial charge in [0.05, 0.1) is 11.9 Å². The standard InChI is InChI=1S/C14H17ClN4/c1-16-7-13-8-17-9-14(18-13)19(2)10-11-3-5-12(15)6-4-11/h3-6,8-9,16H,7,10H2,1-2H3. The van der Waals surface area contributed by atoms with Crippen molar-refractivity contribution in [3.8, 4) is 0 Å². The van der Waals surface area contributed by atoms with Crippen molar-refractivity contribution in [2.24, 2.45) is 0 Å². The number of hydrogen-bond donors (Lipinski definition) is 1. The Morgan fingerprint density at radius 2 is 1.95 bits per heavy atom. The Labute approximate surface area is 118 Å². The number of aromatic nitrogens is 2. The molecule has 0 radical (unpaired) electrons. The Hall–Kier alpha value is -1.65. The lowest BCUT2D eigenvalue weighted by molar-refractivity contribution is 0.775. The van der Waals surface area contributed by atoms with Gasteiger partial charge in [0.1, 0.15) is 5.82 Å². The molecular formula is C14H17ClN4. The van der Waals surface area contributed by atoms with Crippen molar-refractivity contribution in [3.05, 3.63) is 52.9 Å². The van der Waals surface area contributed by atoms with Gasteiger partial charge in [0, 0.05) is 31.4 Å². The number of halogens is 1. The number of hydrogen-bond acceptors (Lipinski definition) is 4. The van der Waals surface area contributed by atoms with E-state index in [1.165, 1.54) is 5.56 Å². The molecule has 5 heteroatoms. The van der Waals surface area contributed by atoms with Crippen molar-refractivity contribution in [2.45, 2.75) is 13.1 Å². The minimum absolute atomic E-state index is 0.718. The summed E-state index contributed by atoms with van der Waals surface area (Å²) < 4.78 is 0. The molecule has 1 N–H and O–H groups in total. The largest absolute Gasteiger partial charge is 0.354 e. The highest BCUT2D eigenvalue weighted by molar-refractivity contribution is 6.30. The van der Waals surface area contributed by atoms with Crippen molar-refractivity contribution in [3.63, 3.8) is 0 Å². The first kappa shape index (κ1) is 13.8. The van der Waals surface area contributed by atoms with Crippen LogP contribution in [0.2, 0.25) is 5.02 Å². The van der Waals surface area contributed by atoms with Crippen LogP contribution >= 0.6 is 11.6 Å². The van der Waals surface area contributed by atoms with Crippen molar-refractivity contribution in [1.82, 2.24) is 15.3 Å². The fraction of sp³-hybridized carbons (Fsp3) is 0.286. The van der Waals surface area contributed by atoms with E-state index < -0.39 is 0 Å². The van der Waals surface area contributed by atoms with Crippen LogP contribution in [0.25, 0.3) is 0 Å². The van der Waals surface area contributed by atoms with Crippen LogP contribution in [-0.4, -0.2) is 24.1 Å². The molecule has 1 aromatic heterocycles. The second-order valence-electron chi connectivity index (χ2n) is 4.38. The van der Waals surface area contributed by atoms with Crippen LogP contribution in [0.3, 0.4) is 0 Å². The smallest absolute Gasteiger partial charge is 0.147 e. The molecule has 0 aliphatic rings. The van der Waals surface area contributed by atoms with E-state index in [1.54, 1.807) is 12.4 Å². The lowest BCUT2D eigenvalue weighted by Gasteiger charge is -2.18. The Morgan fingerprint density at radius 3 is 2.63 bits per heavy atom. The number of anilines is 1. The summed E-state index contributed by atoms with van der Waals surface area (Å²) in [6.07, 6.45) is 3.55. The van der Waals surface area contributed by atoms with Crippen molar-refractivity contribution < 1.29 is 0 Å². The average Bonchev–Trinajstić information content (AvgIpc) is 2.42. The second kappa shape index (κ2) is 6.50. The monoisotopic (exact) mass is 276 g/mol. The first-order valence-corrected chi connectivity index (χ1v) is 6.48. The SMILES string of the molecule is CNCc1cncc(N(C)Cc2ccc(Cl)cc2)n1. The van der Waals surface area contributed by atoms with Crippen LogP contribution in [-0.2, 0) is 13.1 Å². The predicted molar refractivity (Wildman–Crippen MR) is 78.4 cm³/mol. The van der Waals surface area contributed by atoms with Gasteiger partial charge in [-0.1, -0.05) is 23.7 Å². The van der Waals surface area contributed by atoms with Gasteiger partial charge in [-0.05, 0) is 24.7 Å². The van der Waals surface area contributed by atoms with Crippen molar-refractivity contribution >= 4 is 17.4 Å². The maximum atomic E-state index is 5.88. The molecule has 100 valence electrons. The lowest BCUT2D eigenvalue weighted by Crippen LogP contribution is -2.19. The highest BCUT2D eigenvalue weighted by Crippen LogP contribution is 2.14. The Balaban J connectivity index is 2.08. The van der Waals surface area contributed by atoms with Crippen LogP contribution in [0.1, 0.15) is 11.3 Å². The first-order chi connectivity index (χ1) is 9.19. The molecule has 0 amide bonds. The minimum atomic E-state index is 0.718. The molecule has 2 rings (SSSR count). The van der Waals surface area contributed by atoms with Crippen LogP contribution < -0.4 is 10.2 Å². The zero-order chi connectivity index (χ0) is 13.7. The number of benzene rings is 1. The molecule has 1 heterocycles. The Bertz CT molecular complexity index is 527. The number of rotatable bonds is 5. The van der Waals surface area contributed by atoms with Crippen LogP contribution in [0.5, 0.6) is 0 Å². The molecule has 0 spiro atoms. The van der Waals surface area contributed by atoms with Crippen molar-refractivity contribution in [1.29, 1.82) is 0 Å². The summed E-state index contributed by atoms with van der Waals surface area (Å²) in [4.78, 5) is 10.8. The predicted octanol–water partition coefficient (Wildman–Crippen LogP) is 2.49. The summed E-state index contributed by atoms with van der Waals surface area (Å²) in [5.74, 6) is 0.864. The normalized spacial score (nSPS) is 10.5. The van der Waals surface area contributed by atoms with Gasteiger partial charge in [0.15, 0.2) is 0 Å².